The van der Waals surface area contributed by atoms with Gasteiger partial charge in [-0.3, -0.25) is 4.79 Å². The molecule has 1 amide bonds. The molecule has 26 heavy (non-hydrogen) atoms. The van der Waals surface area contributed by atoms with E-state index >= 15 is 0 Å². The Morgan fingerprint density at radius 2 is 2.23 bits per heavy atom. The first-order valence-electron chi connectivity index (χ1n) is 8.83. The first-order chi connectivity index (χ1) is 12.5. The van der Waals surface area contributed by atoms with Crippen LogP contribution in [0.4, 0.5) is 5.69 Å². The standard InChI is InChI=1S/C19H21N3O4/c1-12-15(17(23)24)11-20-22(12)14-5-2-4-13(10-14)21-18(25)19-7-3-6-16(19)26-9-8-19/h2,4-5,10-11,16H,3,6-9H2,1H3,(H,21,25)(H,23,24)/t16-,19+/m1/s1. The van der Waals surface area contributed by atoms with Crippen molar-refractivity contribution >= 4 is 17.6 Å². The summed E-state index contributed by atoms with van der Waals surface area (Å²) in [6.45, 7) is 2.35. The Labute approximate surface area is 151 Å². The molecule has 2 fully saturated rings. The van der Waals surface area contributed by atoms with Crippen LogP contribution >= 0.6 is 0 Å². The van der Waals surface area contributed by atoms with Gasteiger partial charge in [0.05, 0.1) is 29.1 Å². The van der Waals surface area contributed by atoms with Crippen molar-refractivity contribution in [1.82, 2.24) is 9.78 Å². The van der Waals surface area contributed by atoms with Crippen LogP contribution in [-0.2, 0) is 9.53 Å². The molecule has 7 heteroatoms. The highest BCUT2D eigenvalue weighted by atomic mass is 16.5. The first-order valence-corrected chi connectivity index (χ1v) is 8.83. The number of carboxylic acid groups (broad SMARTS) is 1. The Hall–Kier alpha value is -2.67. The van der Waals surface area contributed by atoms with Crippen LogP contribution in [0.25, 0.3) is 5.69 Å². The monoisotopic (exact) mass is 355 g/mol. The molecule has 2 atom stereocenters. The highest BCUT2D eigenvalue weighted by Gasteiger charge is 2.52. The Morgan fingerprint density at radius 3 is 3.00 bits per heavy atom. The highest BCUT2D eigenvalue weighted by molar-refractivity contribution is 5.96. The van der Waals surface area contributed by atoms with E-state index in [-0.39, 0.29) is 17.6 Å². The molecule has 7 nitrogen and oxygen atoms in total. The predicted octanol–water partition coefficient (Wildman–Crippen LogP) is 2.78. The van der Waals surface area contributed by atoms with Crippen LogP contribution in [0.3, 0.4) is 0 Å². The van der Waals surface area contributed by atoms with Gasteiger partial charge < -0.3 is 15.2 Å². The fourth-order valence-electron chi connectivity index (χ4n) is 4.18. The lowest BCUT2D eigenvalue weighted by Gasteiger charge is -2.26. The van der Waals surface area contributed by atoms with Gasteiger partial charge in [0, 0.05) is 12.3 Å². The number of hydrogen-bond acceptors (Lipinski definition) is 4. The van der Waals surface area contributed by atoms with Crippen molar-refractivity contribution in [2.24, 2.45) is 5.41 Å². The number of aromatic carboxylic acids is 1. The van der Waals surface area contributed by atoms with Crippen LogP contribution in [-0.4, -0.2) is 39.5 Å². The second-order valence-electron chi connectivity index (χ2n) is 7.02. The van der Waals surface area contributed by atoms with Crippen LogP contribution in [0, 0.1) is 12.3 Å². The molecule has 1 aliphatic carbocycles. The van der Waals surface area contributed by atoms with E-state index in [9.17, 15) is 14.7 Å². The number of benzene rings is 1. The van der Waals surface area contributed by atoms with Gasteiger partial charge in [-0.15, -0.1) is 0 Å². The van der Waals surface area contributed by atoms with Crippen LogP contribution < -0.4 is 5.32 Å². The van der Waals surface area contributed by atoms with Crippen molar-refractivity contribution in [2.45, 2.75) is 38.7 Å². The molecule has 2 N–H and O–H groups in total. The van der Waals surface area contributed by atoms with Crippen molar-refractivity contribution in [1.29, 1.82) is 0 Å². The molecule has 0 radical (unpaired) electrons. The van der Waals surface area contributed by atoms with Crippen molar-refractivity contribution in [3.63, 3.8) is 0 Å². The molecule has 0 spiro atoms. The average Bonchev–Trinajstić information content (AvgIpc) is 3.28. The minimum absolute atomic E-state index is 0.0121. The molecule has 2 aliphatic rings. The molecule has 0 bridgehead atoms. The molecule has 1 aliphatic heterocycles. The molecule has 136 valence electrons. The molecule has 2 aromatic rings. The van der Waals surface area contributed by atoms with Crippen LogP contribution in [0.2, 0.25) is 0 Å². The molecule has 1 saturated carbocycles. The number of nitrogens with zero attached hydrogens (tertiary/aromatic N) is 2. The number of fused-ring (bicyclic) bond motifs is 1. The van der Waals surface area contributed by atoms with Gasteiger partial charge in [-0.05, 0) is 50.8 Å². The summed E-state index contributed by atoms with van der Waals surface area (Å²) in [7, 11) is 0. The fraction of sp³-hybridized carbons (Fsp3) is 0.421. The quantitative estimate of drug-likeness (QED) is 0.880. The molecule has 4 rings (SSSR count). The number of anilines is 1. The van der Waals surface area contributed by atoms with Gasteiger partial charge in [0.1, 0.15) is 5.56 Å². The average molecular weight is 355 g/mol. The van der Waals surface area contributed by atoms with Crippen molar-refractivity contribution < 1.29 is 19.4 Å². The Bertz CT molecular complexity index is 863. The first kappa shape index (κ1) is 16.8. The lowest BCUT2D eigenvalue weighted by Crippen LogP contribution is -2.39. The number of nitrogens with one attached hydrogen (secondary N) is 1. The van der Waals surface area contributed by atoms with Gasteiger partial charge in [-0.1, -0.05) is 6.07 Å². The van der Waals surface area contributed by atoms with E-state index in [1.807, 2.05) is 18.2 Å². The molecule has 1 aromatic carbocycles. The highest BCUT2D eigenvalue weighted by Crippen LogP contribution is 2.48. The second-order valence-corrected chi connectivity index (χ2v) is 7.02. The van der Waals surface area contributed by atoms with Gasteiger partial charge in [-0.2, -0.15) is 5.10 Å². The lowest BCUT2D eigenvalue weighted by molar-refractivity contribution is -0.127. The zero-order valence-electron chi connectivity index (χ0n) is 14.6. The van der Waals surface area contributed by atoms with Crippen molar-refractivity contribution in [3.8, 4) is 5.69 Å². The minimum atomic E-state index is -1.01. The van der Waals surface area contributed by atoms with Crippen LogP contribution in [0.15, 0.2) is 30.5 Å². The third-order valence-corrected chi connectivity index (χ3v) is 5.61. The van der Waals surface area contributed by atoms with E-state index in [1.165, 1.54) is 6.20 Å². The molecule has 1 aromatic heterocycles. The number of carboxylic acids is 1. The number of hydrogen-bond donors (Lipinski definition) is 2. The summed E-state index contributed by atoms with van der Waals surface area (Å²) >= 11 is 0. The third-order valence-electron chi connectivity index (χ3n) is 5.61. The van der Waals surface area contributed by atoms with E-state index in [4.69, 9.17) is 4.74 Å². The Kier molecular flexibility index (Phi) is 4.03. The number of ether oxygens (including phenoxy) is 1. The molecule has 0 unspecified atom stereocenters. The predicted molar refractivity (Wildman–Crippen MR) is 94.5 cm³/mol. The zero-order valence-corrected chi connectivity index (χ0v) is 14.6. The van der Waals surface area contributed by atoms with E-state index in [2.05, 4.69) is 10.4 Å². The topological polar surface area (TPSA) is 93.5 Å². The van der Waals surface area contributed by atoms with E-state index in [0.29, 0.717) is 23.7 Å². The summed E-state index contributed by atoms with van der Waals surface area (Å²) in [4.78, 5) is 24.1. The van der Waals surface area contributed by atoms with Crippen LogP contribution in [0.1, 0.15) is 41.7 Å². The SMILES string of the molecule is Cc1c(C(=O)O)cnn1-c1cccc(NC(=O)[C@]23CCC[C@H]2OCC3)c1. The second kappa shape index (κ2) is 6.25. The summed E-state index contributed by atoms with van der Waals surface area (Å²) in [5.74, 6) is -0.996. The van der Waals surface area contributed by atoms with Gasteiger partial charge >= 0.3 is 5.97 Å². The lowest BCUT2D eigenvalue weighted by atomic mass is 9.82. The Morgan fingerprint density at radius 1 is 1.38 bits per heavy atom. The third kappa shape index (κ3) is 2.59. The summed E-state index contributed by atoms with van der Waals surface area (Å²) in [6.07, 6.45) is 4.95. The maximum absolute atomic E-state index is 12.9. The maximum Gasteiger partial charge on any atom is 0.339 e. The molecular formula is C19H21N3O4. The van der Waals surface area contributed by atoms with Gasteiger partial charge in [-0.25, -0.2) is 9.48 Å². The smallest absolute Gasteiger partial charge is 0.339 e. The van der Waals surface area contributed by atoms with Crippen molar-refractivity contribution in [3.05, 3.63) is 41.7 Å². The van der Waals surface area contributed by atoms with Gasteiger partial charge in [0.15, 0.2) is 0 Å². The van der Waals surface area contributed by atoms with E-state index in [0.717, 1.165) is 25.7 Å². The number of rotatable bonds is 4. The number of carbonyl (C=O) groups is 2. The number of carbonyl (C=O) groups excluding carboxylic acids is 1. The number of amides is 1. The summed E-state index contributed by atoms with van der Waals surface area (Å²) < 4.78 is 7.31. The summed E-state index contributed by atoms with van der Waals surface area (Å²) in [5, 5.41) is 16.4. The largest absolute Gasteiger partial charge is 0.478 e. The zero-order chi connectivity index (χ0) is 18.3. The van der Waals surface area contributed by atoms with Crippen molar-refractivity contribution in [2.75, 3.05) is 11.9 Å². The minimum Gasteiger partial charge on any atom is -0.478 e. The Balaban J connectivity index is 1.59. The van der Waals surface area contributed by atoms with Crippen LogP contribution in [0.5, 0.6) is 0 Å². The normalized spacial score (nSPS) is 24.4. The summed E-state index contributed by atoms with van der Waals surface area (Å²) in [5.41, 5.74) is 1.67. The fourth-order valence-corrected chi connectivity index (χ4v) is 4.18. The molecule has 2 heterocycles. The molecule has 1 saturated heterocycles. The molecular weight excluding hydrogens is 334 g/mol. The van der Waals surface area contributed by atoms with Gasteiger partial charge in [0.25, 0.3) is 0 Å². The van der Waals surface area contributed by atoms with E-state index in [1.54, 1.807) is 17.7 Å². The maximum atomic E-state index is 12.9. The summed E-state index contributed by atoms with van der Waals surface area (Å²) in [6, 6.07) is 7.28. The van der Waals surface area contributed by atoms with Gasteiger partial charge in [0.2, 0.25) is 5.91 Å². The van der Waals surface area contributed by atoms with E-state index < -0.39 is 11.4 Å². The number of aromatic nitrogens is 2.